The standard InChI is InChI=1S/C10H19N3O3/c1-3-7(8(11)13-15)12-9(14)10(2)5-4-6-16-10/h7,15H,3-6H2,1-2H3,(H2,11,13)(H,12,14). The van der Waals surface area contributed by atoms with Crippen LogP contribution >= 0.6 is 0 Å². The molecule has 0 aromatic rings. The molecule has 16 heavy (non-hydrogen) atoms. The van der Waals surface area contributed by atoms with Crippen LogP contribution in [-0.4, -0.2) is 35.2 Å². The Kier molecular flexibility index (Phi) is 4.12. The molecule has 0 aromatic heterocycles. The van der Waals surface area contributed by atoms with Crippen molar-refractivity contribution in [3.05, 3.63) is 0 Å². The van der Waals surface area contributed by atoms with Gasteiger partial charge in [0.1, 0.15) is 5.60 Å². The van der Waals surface area contributed by atoms with Gasteiger partial charge >= 0.3 is 0 Å². The van der Waals surface area contributed by atoms with Crippen LogP contribution < -0.4 is 11.1 Å². The van der Waals surface area contributed by atoms with Crippen LogP contribution in [0.15, 0.2) is 5.16 Å². The van der Waals surface area contributed by atoms with Gasteiger partial charge in [0.25, 0.3) is 5.91 Å². The average Bonchev–Trinajstić information content (AvgIpc) is 2.73. The number of ether oxygens (including phenoxy) is 1. The Balaban J connectivity index is 2.62. The van der Waals surface area contributed by atoms with E-state index in [1.54, 1.807) is 6.92 Å². The van der Waals surface area contributed by atoms with Gasteiger partial charge in [0, 0.05) is 6.61 Å². The molecule has 0 bridgehead atoms. The monoisotopic (exact) mass is 229 g/mol. The summed E-state index contributed by atoms with van der Waals surface area (Å²) in [7, 11) is 0. The van der Waals surface area contributed by atoms with Crippen molar-refractivity contribution < 1.29 is 14.7 Å². The van der Waals surface area contributed by atoms with Crippen LogP contribution in [-0.2, 0) is 9.53 Å². The molecule has 0 aliphatic carbocycles. The molecule has 1 aliphatic heterocycles. The normalized spacial score (nSPS) is 27.8. The number of nitrogens with zero attached hydrogens (tertiary/aromatic N) is 1. The van der Waals surface area contributed by atoms with E-state index in [1.165, 1.54) is 0 Å². The third-order valence-electron chi connectivity index (χ3n) is 2.89. The van der Waals surface area contributed by atoms with Crippen LogP contribution in [0, 0.1) is 0 Å². The number of rotatable bonds is 4. The molecule has 1 aliphatic rings. The number of amidine groups is 1. The fourth-order valence-electron chi connectivity index (χ4n) is 1.72. The zero-order chi connectivity index (χ0) is 12.2. The van der Waals surface area contributed by atoms with Gasteiger partial charge in [0.05, 0.1) is 6.04 Å². The minimum Gasteiger partial charge on any atom is -0.409 e. The number of carbonyl (C=O) groups excluding carboxylic acids is 1. The minimum atomic E-state index is -0.775. The zero-order valence-corrected chi connectivity index (χ0v) is 9.69. The van der Waals surface area contributed by atoms with Gasteiger partial charge in [-0.1, -0.05) is 12.1 Å². The maximum Gasteiger partial charge on any atom is 0.252 e. The number of hydrogen-bond donors (Lipinski definition) is 3. The molecule has 1 fully saturated rings. The number of hydrogen-bond acceptors (Lipinski definition) is 4. The summed E-state index contributed by atoms with van der Waals surface area (Å²) in [6, 6.07) is -0.446. The molecule has 1 rings (SSSR count). The SMILES string of the molecule is CCC(NC(=O)C1(C)CCCO1)C(N)=NO. The van der Waals surface area contributed by atoms with Gasteiger partial charge in [-0.15, -0.1) is 0 Å². The van der Waals surface area contributed by atoms with E-state index in [-0.39, 0.29) is 11.7 Å². The van der Waals surface area contributed by atoms with Gasteiger partial charge in [-0.05, 0) is 26.2 Å². The van der Waals surface area contributed by atoms with E-state index in [9.17, 15) is 4.79 Å². The van der Waals surface area contributed by atoms with E-state index in [1.807, 2.05) is 6.92 Å². The topological polar surface area (TPSA) is 96.9 Å². The molecule has 6 nitrogen and oxygen atoms in total. The van der Waals surface area contributed by atoms with E-state index in [4.69, 9.17) is 15.7 Å². The first-order valence-electron chi connectivity index (χ1n) is 5.46. The van der Waals surface area contributed by atoms with Crippen molar-refractivity contribution in [1.82, 2.24) is 5.32 Å². The molecule has 1 amide bonds. The summed E-state index contributed by atoms with van der Waals surface area (Å²) in [6.45, 7) is 4.21. The number of nitrogens with two attached hydrogens (primary N) is 1. The first kappa shape index (κ1) is 12.8. The highest BCUT2D eigenvalue weighted by atomic mass is 16.5. The second-order valence-corrected chi connectivity index (χ2v) is 4.14. The first-order chi connectivity index (χ1) is 7.53. The van der Waals surface area contributed by atoms with Gasteiger partial charge in [0.2, 0.25) is 0 Å². The number of carbonyl (C=O) groups is 1. The Labute approximate surface area is 94.8 Å². The Morgan fingerprint density at radius 3 is 2.88 bits per heavy atom. The lowest BCUT2D eigenvalue weighted by molar-refractivity contribution is -0.139. The Hall–Kier alpha value is -1.30. The fourth-order valence-corrected chi connectivity index (χ4v) is 1.72. The van der Waals surface area contributed by atoms with Crippen LogP contribution in [0.2, 0.25) is 0 Å². The number of nitrogens with one attached hydrogen (secondary N) is 1. The zero-order valence-electron chi connectivity index (χ0n) is 9.69. The van der Waals surface area contributed by atoms with Crippen molar-refractivity contribution in [2.45, 2.75) is 44.8 Å². The van der Waals surface area contributed by atoms with Crippen molar-refractivity contribution in [2.24, 2.45) is 10.9 Å². The van der Waals surface area contributed by atoms with Gasteiger partial charge in [-0.2, -0.15) is 0 Å². The second kappa shape index (κ2) is 5.16. The summed E-state index contributed by atoms with van der Waals surface area (Å²) in [5.74, 6) is -0.194. The minimum absolute atomic E-state index is 0.0115. The fraction of sp³-hybridized carbons (Fsp3) is 0.800. The molecule has 2 atom stereocenters. The van der Waals surface area contributed by atoms with Crippen molar-refractivity contribution in [2.75, 3.05) is 6.61 Å². The van der Waals surface area contributed by atoms with E-state index in [0.29, 0.717) is 19.4 Å². The summed E-state index contributed by atoms with van der Waals surface area (Å²) in [4.78, 5) is 11.9. The highest BCUT2D eigenvalue weighted by molar-refractivity contribution is 5.92. The van der Waals surface area contributed by atoms with Crippen molar-refractivity contribution in [3.8, 4) is 0 Å². The molecule has 0 spiro atoms. The maximum atomic E-state index is 11.9. The van der Waals surface area contributed by atoms with Crippen LogP contribution in [0.5, 0.6) is 0 Å². The molecule has 6 heteroatoms. The van der Waals surface area contributed by atoms with Gasteiger partial charge in [-0.25, -0.2) is 0 Å². The summed E-state index contributed by atoms with van der Waals surface area (Å²) in [5, 5.41) is 14.2. The average molecular weight is 229 g/mol. The Bertz CT molecular complexity index is 285. The lowest BCUT2D eigenvalue weighted by atomic mass is 10.0. The lowest BCUT2D eigenvalue weighted by Gasteiger charge is -2.25. The third kappa shape index (κ3) is 2.63. The van der Waals surface area contributed by atoms with Crippen LogP contribution in [0.4, 0.5) is 0 Å². The molecule has 0 saturated carbocycles. The maximum absolute atomic E-state index is 11.9. The predicted octanol–water partition coefficient (Wildman–Crippen LogP) is 0.197. The summed E-state index contributed by atoms with van der Waals surface area (Å²) in [6.07, 6.45) is 2.15. The summed E-state index contributed by atoms with van der Waals surface area (Å²) < 4.78 is 5.41. The molecular weight excluding hydrogens is 210 g/mol. The van der Waals surface area contributed by atoms with Crippen LogP contribution in [0.1, 0.15) is 33.1 Å². The highest BCUT2D eigenvalue weighted by Gasteiger charge is 2.38. The van der Waals surface area contributed by atoms with E-state index < -0.39 is 11.6 Å². The molecule has 92 valence electrons. The Morgan fingerprint density at radius 2 is 2.44 bits per heavy atom. The quantitative estimate of drug-likeness (QED) is 0.277. The third-order valence-corrected chi connectivity index (χ3v) is 2.89. The molecule has 2 unspecified atom stereocenters. The van der Waals surface area contributed by atoms with Crippen molar-refractivity contribution in [3.63, 3.8) is 0 Å². The largest absolute Gasteiger partial charge is 0.409 e. The molecule has 1 saturated heterocycles. The predicted molar refractivity (Wildman–Crippen MR) is 59.2 cm³/mol. The first-order valence-corrected chi connectivity index (χ1v) is 5.46. The summed E-state index contributed by atoms with van der Waals surface area (Å²) in [5.41, 5.74) is 4.69. The molecule has 0 radical (unpaired) electrons. The van der Waals surface area contributed by atoms with Crippen molar-refractivity contribution in [1.29, 1.82) is 0 Å². The molecule has 4 N–H and O–H groups in total. The van der Waals surface area contributed by atoms with Crippen LogP contribution in [0.25, 0.3) is 0 Å². The molecular formula is C10H19N3O3. The number of oxime groups is 1. The smallest absolute Gasteiger partial charge is 0.252 e. The van der Waals surface area contributed by atoms with E-state index in [2.05, 4.69) is 10.5 Å². The Morgan fingerprint density at radius 1 is 1.75 bits per heavy atom. The van der Waals surface area contributed by atoms with Crippen molar-refractivity contribution >= 4 is 11.7 Å². The van der Waals surface area contributed by atoms with Gasteiger partial charge in [-0.3, -0.25) is 4.79 Å². The van der Waals surface area contributed by atoms with E-state index in [0.717, 1.165) is 6.42 Å². The van der Waals surface area contributed by atoms with Crippen LogP contribution in [0.3, 0.4) is 0 Å². The second-order valence-electron chi connectivity index (χ2n) is 4.14. The molecule has 1 heterocycles. The summed E-state index contributed by atoms with van der Waals surface area (Å²) >= 11 is 0. The lowest BCUT2D eigenvalue weighted by Crippen LogP contribution is -2.52. The van der Waals surface area contributed by atoms with E-state index >= 15 is 0 Å². The van der Waals surface area contributed by atoms with Gasteiger partial charge in [0.15, 0.2) is 5.84 Å². The highest BCUT2D eigenvalue weighted by Crippen LogP contribution is 2.25. The van der Waals surface area contributed by atoms with Gasteiger partial charge < -0.3 is 21.0 Å². The number of amides is 1. The molecule has 0 aromatic carbocycles.